The van der Waals surface area contributed by atoms with E-state index < -0.39 is 17.8 Å². The number of aromatic hydroxyl groups is 1. The van der Waals surface area contributed by atoms with Gasteiger partial charge in [-0.15, -0.1) is 0 Å². The normalized spacial score (nSPS) is 13.5. The zero-order chi connectivity index (χ0) is 26.5. The van der Waals surface area contributed by atoms with Gasteiger partial charge in [-0.1, -0.05) is 19.9 Å². The number of nitrogens with zero attached hydrogens (tertiary/aromatic N) is 2. The molecule has 190 valence electrons. The molecule has 6 nitrogen and oxygen atoms in total. The highest BCUT2D eigenvalue weighted by molar-refractivity contribution is 5.97. The average Bonchev–Trinajstić information content (AvgIpc) is 2.82. The van der Waals surface area contributed by atoms with Crippen molar-refractivity contribution in [1.82, 2.24) is 9.97 Å². The number of aromatic nitrogens is 2. The molecule has 3 aromatic rings. The highest BCUT2D eigenvalue weighted by atomic mass is 19.3. The lowest BCUT2D eigenvalue weighted by Gasteiger charge is -2.18. The Morgan fingerprint density at radius 3 is 2.39 bits per heavy atom. The summed E-state index contributed by atoms with van der Waals surface area (Å²) in [5, 5.41) is 19.1. The molecular formula is C27H27F3N2O4. The second-order valence-electron chi connectivity index (χ2n) is 8.49. The maximum Gasteiger partial charge on any atom is 0.419 e. The minimum atomic E-state index is -3.47. The molecule has 0 aliphatic rings. The van der Waals surface area contributed by atoms with Crippen LogP contribution in [0, 0.1) is 17.7 Å². The van der Waals surface area contributed by atoms with Crippen molar-refractivity contribution in [3.8, 4) is 34.1 Å². The van der Waals surface area contributed by atoms with Crippen molar-refractivity contribution >= 4 is 5.78 Å². The van der Waals surface area contributed by atoms with Gasteiger partial charge in [0.15, 0.2) is 11.6 Å². The molecule has 0 saturated carbocycles. The highest BCUT2D eigenvalue weighted by Gasteiger charge is 2.27. The molecule has 36 heavy (non-hydrogen) atoms. The van der Waals surface area contributed by atoms with Crippen molar-refractivity contribution in [3.05, 3.63) is 72.2 Å². The summed E-state index contributed by atoms with van der Waals surface area (Å²) in [6.45, 7) is 4.96. The van der Waals surface area contributed by atoms with Crippen molar-refractivity contribution in [1.29, 1.82) is 0 Å². The fourth-order valence-electron chi connectivity index (χ4n) is 3.58. The molecule has 2 N–H and O–H groups in total. The molecule has 0 aliphatic carbocycles. The molecule has 1 aromatic heterocycles. The number of aliphatic hydroxyl groups is 1. The predicted octanol–water partition coefficient (Wildman–Crippen LogP) is 6.04. The molecule has 0 bridgehead atoms. The van der Waals surface area contributed by atoms with Gasteiger partial charge >= 0.3 is 6.11 Å². The van der Waals surface area contributed by atoms with E-state index >= 15 is 0 Å². The number of benzene rings is 2. The summed E-state index contributed by atoms with van der Waals surface area (Å²) in [4.78, 5) is 22.0. The Labute approximate surface area is 207 Å². The van der Waals surface area contributed by atoms with Crippen LogP contribution in [0.2, 0.25) is 0 Å². The predicted molar refractivity (Wildman–Crippen MR) is 129 cm³/mol. The van der Waals surface area contributed by atoms with Crippen molar-refractivity contribution < 1.29 is 32.9 Å². The third kappa shape index (κ3) is 6.69. The maximum absolute atomic E-state index is 14.0. The molecule has 9 heteroatoms. The largest absolute Gasteiger partial charge is 0.508 e. The summed E-state index contributed by atoms with van der Waals surface area (Å²) >= 11 is 0. The number of hydrogen-bond acceptors (Lipinski definition) is 6. The van der Waals surface area contributed by atoms with Gasteiger partial charge in [-0.3, -0.25) is 4.79 Å². The quantitative estimate of drug-likeness (QED) is 0.260. The number of allylic oxidation sites excluding steroid dienone is 1. The first-order valence-corrected chi connectivity index (χ1v) is 11.4. The van der Waals surface area contributed by atoms with Gasteiger partial charge in [-0.2, -0.15) is 8.78 Å². The van der Waals surface area contributed by atoms with Crippen LogP contribution in [0.1, 0.15) is 37.7 Å². The van der Waals surface area contributed by atoms with Crippen molar-refractivity contribution in [2.75, 3.05) is 6.61 Å². The fourth-order valence-corrected chi connectivity index (χ4v) is 3.58. The molecule has 0 aliphatic heterocycles. The number of Topliss-reactive ketones (excluding diaryl/α,β-unsaturated/α-hetero) is 1. The van der Waals surface area contributed by atoms with Gasteiger partial charge in [0.05, 0.1) is 5.69 Å². The van der Waals surface area contributed by atoms with Crippen molar-refractivity contribution in [3.63, 3.8) is 0 Å². The first-order chi connectivity index (χ1) is 17.0. The van der Waals surface area contributed by atoms with Gasteiger partial charge in [0.2, 0.25) is 0 Å². The second kappa shape index (κ2) is 11.3. The van der Waals surface area contributed by atoms with Crippen LogP contribution in [-0.2, 0) is 0 Å². The fraction of sp³-hybridized carbons (Fsp3) is 0.296. The molecule has 0 fully saturated rings. The third-order valence-corrected chi connectivity index (χ3v) is 5.74. The number of halogens is 3. The number of alkyl halides is 2. The summed E-state index contributed by atoms with van der Waals surface area (Å²) in [6, 6.07) is 10.5. The molecule has 0 spiro atoms. The van der Waals surface area contributed by atoms with E-state index in [-0.39, 0.29) is 46.9 Å². The zero-order valence-electron chi connectivity index (χ0n) is 20.1. The van der Waals surface area contributed by atoms with Gasteiger partial charge in [-0.05, 0) is 61.7 Å². The molecule has 3 rings (SSSR count). The van der Waals surface area contributed by atoms with E-state index in [9.17, 15) is 28.2 Å². The van der Waals surface area contributed by atoms with E-state index in [1.165, 1.54) is 49.4 Å². The monoisotopic (exact) mass is 500 g/mol. The number of ketones is 1. The third-order valence-electron chi connectivity index (χ3n) is 5.74. The Bertz CT molecular complexity index is 1230. The summed E-state index contributed by atoms with van der Waals surface area (Å²) in [5.74, 6) is -2.01. The number of carbonyl (C=O) groups excluding carboxylic acids is 1. The molecule has 0 radical (unpaired) electrons. The molecule has 2 aromatic carbocycles. The van der Waals surface area contributed by atoms with Gasteiger partial charge < -0.3 is 14.9 Å². The Balaban J connectivity index is 2.06. The lowest BCUT2D eigenvalue weighted by Crippen LogP contribution is -2.21. The molecule has 2 atom stereocenters. The summed E-state index contributed by atoms with van der Waals surface area (Å²) < 4.78 is 46.1. The second-order valence-corrected chi connectivity index (χ2v) is 8.49. The van der Waals surface area contributed by atoms with Crippen LogP contribution in [-0.4, -0.2) is 38.7 Å². The number of rotatable bonds is 10. The minimum absolute atomic E-state index is 0.00704. The van der Waals surface area contributed by atoms with Gasteiger partial charge in [-0.25, -0.2) is 14.4 Å². The van der Waals surface area contributed by atoms with Crippen LogP contribution >= 0.6 is 0 Å². The molecule has 1 heterocycles. The van der Waals surface area contributed by atoms with Crippen LogP contribution in [0.25, 0.3) is 22.6 Å². The first kappa shape index (κ1) is 26.9. The highest BCUT2D eigenvalue weighted by Crippen LogP contribution is 2.30. The van der Waals surface area contributed by atoms with E-state index in [2.05, 4.69) is 9.97 Å². The SMILES string of the molecule is C/C=C/C(F)(F)Oc1ccc(-c2cc(C(=O)[C@@H](C)C(C)CCO)nc(-c3cc(O)cc(F)c3)n2)cc1. The van der Waals surface area contributed by atoms with Crippen molar-refractivity contribution in [2.24, 2.45) is 11.8 Å². The Morgan fingerprint density at radius 1 is 1.08 bits per heavy atom. The van der Waals surface area contributed by atoms with Gasteiger partial charge in [0.25, 0.3) is 0 Å². The lowest BCUT2D eigenvalue weighted by molar-refractivity contribution is -0.131. The molecule has 0 amide bonds. The van der Waals surface area contributed by atoms with Crippen molar-refractivity contribution in [2.45, 2.75) is 33.3 Å². The summed E-state index contributed by atoms with van der Waals surface area (Å²) in [7, 11) is 0. The minimum Gasteiger partial charge on any atom is -0.508 e. The lowest BCUT2D eigenvalue weighted by atomic mass is 9.88. The first-order valence-electron chi connectivity index (χ1n) is 11.4. The van der Waals surface area contributed by atoms with E-state index in [0.717, 1.165) is 12.1 Å². The summed E-state index contributed by atoms with van der Waals surface area (Å²) in [6.07, 6.45) is -1.24. The number of ether oxygens (including phenoxy) is 1. The average molecular weight is 501 g/mol. The van der Waals surface area contributed by atoms with Crippen LogP contribution in [0.5, 0.6) is 11.5 Å². The smallest absolute Gasteiger partial charge is 0.419 e. The van der Waals surface area contributed by atoms with Crippen LogP contribution in [0.15, 0.2) is 60.7 Å². The Morgan fingerprint density at radius 2 is 1.78 bits per heavy atom. The molecule has 1 unspecified atom stereocenters. The Hall–Kier alpha value is -3.72. The maximum atomic E-state index is 14.0. The van der Waals surface area contributed by atoms with E-state index in [4.69, 9.17) is 4.74 Å². The summed E-state index contributed by atoms with van der Waals surface area (Å²) in [5.41, 5.74) is 0.994. The standard InChI is InChI=1S/C27H27F3N2O4/c1-4-10-27(29,30)36-22-7-5-18(6-8-22)23-15-24(25(35)17(3)16(2)9-11-33)32-26(31-23)19-12-20(28)14-21(34)13-19/h4-8,10,12-17,33-34H,9,11H2,1-3H3/b10-4+/t16?,17-/m0/s1. The number of hydrogen-bond donors (Lipinski definition) is 2. The van der Waals surface area contributed by atoms with E-state index in [0.29, 0.717) is 23.8 Å². The van der Waals surface area contributed by atoms with Crippen LogP contribution < -0.4 is 4.74 Å². The van der Waals surface area contributed by atoms with E-state index in [1.807, 2.05) is 6.92 Å². The van der Waals surface area contributed by atoms with Crippen LogP contribution in [0.3, 0.4) is 0 Å². The topological polar surface area (TPSA) is 92.5 Å². The molecular weight excluding hydrogens is 473 g/mol. The van der Waals surface area contributed by atoms with Gasteiger partial charge in [0.1, 0.15) is 23.0 Å². The van der Waals surface area contributed by atoms with E-state index in [1.54, 1.807) is 6.92 Å². The zero-order valence-corrected chi connectivity index (χ0v) is 20.1. The number of aliphatic hydroxyl groups excluding tert-OH is 1. The van der Waals surface area contributed by atoms with Crippen LogP contribution in [0.4, 0.5) is 13.2 Å². The Kier molecular flexibility index (Phi) is 8.47. The number of phenols is 1. The number of carbonyl (C=O) groups is 1. The molecule has 0 saturated heterocycles. The number of phenolic OH excluding ortho intramolecular Hbond substituents is 1. The van der Waals surface area contributed by atoms with Gasteiger partial charge in [0, 0.05) is 35.8 Å².